The normalized spacial score (nSPS) is 15.6. The van der Waals surface area contributed by atoms with Crippen LogP contribution in [0.5, 0.6) is 5.75 Å². The minimum Gasteiger partial charge on any atom is -0.534 e. The number of carbonyl (C=O) groups is 3. The summed E-state index contributed by atoms with van der Waals surface area (Å²) in [6.07, 6.45) is -7.98. The van der Waals surface area contributed by atoms with Crippen LogP contribution in [0, 0.1) is 0 Å². The molecule has 1 aliphatic rings. The zero-order valence-corrected chi connectivity index (χ0v) is 16.7. The first-order valence-electron chi connectivity index (χ1n) is 9.29. The Kier molecular flexibility index (Phi) is 8.14. The smallest absolute Gasteiger partial charge is 0.534 e. The van der Waals surface area contributed by atoms with E-state index in [0.717, 1.165) is 0 Å². The second-order valence-corrected chi connectivity index (χ2v) is 6.91. The van der Waals surface area contributed by atoms with Gasteiger partial charge in [-0.3, -0.25) is 4.79 Å². The highest BCUT2D eigenvalue weighted by atomic mass is 19.4. The highest BCUT2D eigenvalue weighted by molar-refractivity contribution is 6.47. The zero-order chi connectivity index (χ0) is 23.2. The maximum absolute atomic E-state index is 12.3. The van der Waals surface area contributed by atoms with Gasteiger partial charge >= 0.3 is 25.4 Å². The lowest BCUT2D eigenvalue weighted by Crippen LogP contribution is -2.53. The van der Waals surface area contributed by atoms with Crippen LogP contribution in [0.15, 0.2) is 18.2 Å². The molecule has 9 nitrogen and oxygen atoms in total. The van der Waals surface area contributed by atoms with E-state index in [1.54, 1.807) is 19.9 Å². The van der Waals surface area contributed by atoms with Crippen LogP contribution in [0.4, 0.5) is 18.0 Å². The first-order chi connectivity index (χ1) is 14.5. The Bertz CT molecular complexity index is 817. The molecule has 1 amide bonds. The highest BCUT2D eigenvalue weighted by Crippen LogP contribution is 2.31. The fourth-order valence-corrected chi connectivity index (χ4v) is 2.68. The summed E-state index contributed by atoms with van der Waals surface area (Å²) >= 11 is 0. The van der Waals surface area contributed by atoms with E-state index in [1.165, 1.54) is 12.1 Å². The molecule has 0 radical (unpaired) electrons. The van der Waals surface area contributed by atoms with E-state index >= 15 is 0 Å². The molecule has 1 atom stereocenters. The second kappa shape index (κ2) is 10.4. The summed E-state index contributed by atoms with van der Waals surface area (Å²) in [5.74, 6) is -2.82. The first-order valence-corrected chi connectivity index (χ1v) is 9.29. The molecule has 1 aromatic rings. The summed E-state index contributed by atoms with van der Waals surface area (Å²) in [5, 5.41) is 12.4. The van der Waals surface area contributed by atoms with E-state index in [2.05, 4.69) is 10.1 Å². The van der Waals surface area contributed by atoms with Crippen molar-refractivity contribution in [2.45, 2.75) is 51.3 Å². The summed E-state index contributed by atoms with van der Waals surface area (Å²) in [6, 6.07) is 4.40. The minimum absolute atomic E-state index is 0.00654. The van der Waals surface area contributed by atoms with Crippen LogP contribution in [-0.4, -0.2) is 55.2 Å². The molecule has 0 fully saturated rings. The molecule has 31 heavy (non-hydrogen) atoms. The number of ether oxygens (including phenoxy) is 3. The molecule has 0 spiro atoms. The molecule has 13 heteroatoms. The molecule has 0 saturated heterocycles. The molecule has 0 bridgehead atoms. The van der Waals surface area contributed by atoms with Gasteiger partial charge in [0.1, 0.15) is 11.3 Å². The summed E-state index contributed by atoms with van der Waals surface area (Å²) in [6.45, 7) is 2.50. The van der Waals surface area contributed by atoms with E-state index < -0.39 is 63.0 Å². The molecule has 1 heterocycles. The molecule has 0 aliphatic carbocycles. The number of hydrogen-bond acceptors (Lipinski definition) is 8. The number of para-hydroxylation sites is 1. The van der Waals surface area contributed by atoms with Crippen LogP contribution >= 0.6 is 0 Å². The molecule has 0 aromatic heterocycles. The van der Waals surface area contributed by atoms with Gasteiger partial charge in [0.25, 0.3) is 0 Å². The Morgan fingerprint density at radius 3 is 2.65 bits per heavy atom. The molecular weight excluding hydrogens is 426 g/mol. The van der Waals surface area contributed by atoms with Crippen LogP contribution in [0.1, 0.15) is 42.6 Å². The van der Waals surface area contributed by atoms with Crippen LogP contribution in [0.3, 0.4) is 0 Å². The predicted molar refractivity (Wildman–Crippen MR) is 99.0 cm³/mol. The average Bonchev–Trinajstić information content (AvgIpc) is 2.65. The van der Waals surface area contributed by atoms with Crippen molar-refractivity contribution >= 4 is 25.2 Å². The largest absolute Gasteiger partial charge is 0.547 e. The van der Waals surface area contributed by atoms with Crippen LogP contribution in [0.2, 0.25) is 0 Å². The lowest BCUT2D eigenvalue weighted by Gasteiger charge is -2.29. The number of esters is 1. The van der Waals surface area contributed by atoms with Crippen molar-refractivity contribution in [2.75, 3.05) is 6.79 Å². The van der Waals surface area contributed by atoms with Gasteiger partial charge in [-0.2, -0.15) is 13.2 Å². The summed E-state index contributed by atoms with van der Waals surface area (Å²) in [7, 11) is -1.60. The lowest BCUT2D eigenvalue weighted by atomic mass is 9.72. The number of rotatable bonds is 7. The van der Waals surface area contributed by atoms with Crippen molar-refractivity contribution in [1.29, 1.82) is 0 Å². The summed E-state index contributed by atoms with van der Waals surface area (Å²) in [4.78, 5) is 35.3. The third-order valence-corrected chi connectivity index (χ3v) is 4.02. The van der Waals surface area contributed by atoms with Crippen molar-refractivity contribution in [3.63, 3.8) is 0 Å². The lowest BCUT2D eigenvalue weighted by molar-refractivity contribution is -0.144. The monoisotopic (exact) mass is 447 g/mol. The highest BCUT2D eigenvalue weighted by Gasteiger charge is 2.38. The van der Waals surface area contributed by atoms with E-state index in [-0.39, 0.29) is 17.7 Å². The Labute approximate surface area is 175 Å². The molecule has 1 aliphatic heterocycles. The van der Waals surface area contributed by atoms with Crippen molar-refractivity contribution < 1.29 is 51.4 Å². The van der Waals surface area contributed by atoms with Gasteiger partial charge < -0.3 is 29.2 Å². The number of nitrogens with one attached hydrogen (secondary N) is 1. The van der Waals surface area contributed by atoms with E-state index in [9.17, 15) is 32.6 Å². The standard InChI is InChI=1S/C18H21BF3NO8/c1-10(2)30-17(26)29-9-28-16(25)12-5-3-4-11-8-13(19(27)31-15(11)12)23-14(24)6-7-18(20,21)22/h3-5,10,13,27H,6-9H2,1-2H3,(H,23,24)/t13-/m0/s1. The Balaban J connectivity index is 1.97. The summed E-state index contributed by atoms with van der Waals surface area (Å²) < 4.78 is 56.2. The number of amides is 1. The minimum atomic E-state index is -4.48. The average molecular weight is 447 g/mol. The molecule has 1 aromatic carbocycles. The zero-order valence-electron chi connectivity index (χ0n) is 16.7. The van der Waals surface area contributed by atoms with Crippen LogP contribution < -0.4 is 9.97 Å². The number of carbonyl (C=O) groups excluding carboxylic acids is 3. The van der Waals surface area contributed by atoms with Gasteiger partial charge in [-0.05, 0) is 31.9 Å². The van der Waals surface area contributed by atoms with Crippen LogP contribution in [0.25, 0.3) is 0 Å². The van der Waals surface area contributed by atoms with Crippen molar-refractivity contribution in [3.05, 3.63) is 29.3 Å². The maximum atomic E-state index is 12.3. The van der Waals surface area contributed by atoms with Crippen molar-refractivity contribution in [3.8, 4) is 5.75 Å². The van der Waals surface area contributed by atoms with Gasteiger partial charge in [0.05, 0.1) is 18.5 Å². The Hall–Kier alpha value is -2.96. The third-order valence-electron chi connectivity index (χ3n) is 4.02. The predicted octanol–water partition coefficient (Wildman–Crippen LogP) is 2.14. The van der Waals surface area contributed by atoms with Gasteiger partial charge in [0.2, 0.25) is 12.7 Å². The Morgan fingerprint density at radius 1 is 1.29 bits per heavy atom. The fourth-order valence-electron chi connectivity index (χ4n) is 2.68. The topological polar surface area (TPSA) is 120 Å². The van der Waals surface area contributed by atoms with Crippen molar-refractivity contribution in [2.24, 2.45) is 0 Å². The fraction of sp³-hybridized carbons (Fsp3) is 0.500. The molecule has 0 saturated carbocycles. The second-order valence-electron chi connectivity index (χ2n) is 6.91. The molecule has 2 N–H and O–H groups in total. The van der Waals surface area contributed by atoms with E-state index in [1.807, 2.05) is 0 Å². The number of fused-ring (bicyclic) bond motifs is 1. The van der Waals surface area contributed by atoms with Gasteiger partial charge in [-0.25, -0.2) is 9.59 Å². The van der Waals surface area contributed by atoms with Crippen molar-refractivity contribution in [1.82, 2.24) is 5.32 Å². The first kappa shape index (κ1) is 24.3. The van der Waals surface area contributed by atoms with Crippen LogP contribution in [-0.2, 0) is 25.4 Å². The van der Waals surface area contributed by atoms with Gasteiger partial charge in [-0.1, -0.05) is 12.1 Å². The van der Waals surface area contributed by atoms with E-state index in [4.69, 9.17) is 14.1 Å². The molecule has 0 unspecified atom stereocenters. The summed E-state index contributed by atoms with van der Waals surface area (Å²) in [5.41, 5.74) is 0.347. The maximum Gasteiger partial charge on any atom is 0.547 e. The number of hydrogen-bond donors (Lipinski definition) is 2. The number of halogens is 3. The number of alkyl halides is 3. The Morgan fingerprint density at radius 2 is 2.00 bits per heavy atom. The number of benzene rings is 1. The molecule has 170 valence electrons. The van der Waals surface area contributed by atoms with E-state index in [0.29, 0.717) is 5.56 Å². The molecular formula is C18H21BF3NO8. The van der Waals surface area contributed by atoms with Gasteiger partial charge in [0, 0.05) is 6.42 Å². The van der Waals surface area contributed by atoms with Gasteiger partial charge in [0.15, 0.2) is 0 Å². The molecule has 2 rings (SSSR count). The SMILES string of the molecule is CC(C)OC(=O)OCOC(=O)c1cccc2c1OB(O)[C@@H](NC(=O)CCC(F)(F)F)C2. The van der Waals surface area contributed by atoms with Gasteiger partial charge in [-0.15, -0.1) is 0 Å². The quantitative estimate of drug-likeness (QED) is 0.371. The third kappa shape index (κ3) is 7.66.